The summed E-state index contributed by atoms with van der Waals surface area (Å²) in [6.07, 6.45) is 1.73. The van der Waals surface area contributed by atoms with Gasteiger partial charge in [0, 0.05) is 29.6 Å². The molecule has 1 aliphatic heterocycles. The van der Waals surface area contributed by atoms with Crippen molar-refractivity contribution in [1.29, 1.82) is 0 Å². The fraction of sp³-hybridized carbons (Fsp3) is 0.368. The summed E-state index contributed by atoms with van der Waals surface area (Å²) in [5, 5.41) is 0.818. The van der Waals surface area contributed by atoms with Crippen LogP contribution in [-0.2, 0) is 22.5 Å². The molecule has 2 heterocycles. The summed E-state index contributed by atoms with van der Waals surface area (Å²) in [5.74, 6) is 0.293. The third kappa shape index (κ3) is 3.05. The molecule has 0 saturated heterocycles. The summed E-state index contributed by atoms with van der Waals surface area (Å²) in [6.45, 7) is 9.39. The molecular weight excluding hydrogens is 322 g/mol. The van der Waals surface area contributed by atoms with Gasteiger partial charge in [0.1, 0.15) is 18.1 Å². The molecule has 2 aromatic rings. The summed E-state index contributed by atoms with van der Waals surface area (Å²) >= 11 is 0. The lowest BCUT2D eigenvalue weighted by Gasteiger charge is -2.29. The molecule has 25 heavy (non-hydrogen) atoms. The highest BCUT2D eigenvalue weighted by molar-refractivity contribution is 5.88. The lowest BCUT2D eigenvalue weighted by atomic mass is 9.98. The van der Waals surface area contributed by atoms with E-state index in [0.29, 0.717) is 17.9 Å². The molecule has 1 aromatic carbocycles. The highest BCUT2D eigenvalue weighted by Gasteiger charge is 2.24. The maximum Gasteiger partial charge on any atom is 0.340 e. The number of hydrogen-bond acceptors (Lipinski definition) is 6. The summed E-state index contributed by atoms with van der Waals surface area (Å²) < 4.78 is 16.1. The van der Waals surface area contributed by atoms with Crippen LogP contribution < -0.4 is 10.4 Å². The molecule has 0 aliphatic carbocycles. The number of ether oxygens (including phenoxy) is 2. The number of esters is 1. The van der Waals surface area contributed by atoms with Gasteiger partial charge in [-0.3, -0.25) is 9.69 Å². The summed E-state index contributed by atoms with van der Waals surface area (Å²) in [6, 6.07) is 1.98. The van der Waals surface area contributed by atoms with Crippen molar-refractivity contribution in [3.05, 3.63) is 51.4 Å². The molecule has 0 bridgehead atoms. The maximum absolute atomic E-state index is 12.3. The van der Waals surface area contributed by atoms with Crippen LogP contribution in [0.2, 0.25) is 0 Å². The Morgan fingerprint density at radius 2 is 2.16 bits per heavy atom. The van der Waals surface area contributed by atoms with Gasteiger partial charge in [-0.2, -0.15) is 0 Å². The van der Waals surface area contributed by atoms with Gasteiger partial charge >= 0.3 is 11.6 Å². The number of hydrogen-bond donors (Lipinski definition) is 0. The smallest absolute Gasteiger partial charge is 0.340 e. The first-order valence-electron chi connectivity index (χ1n) is 8.07. The Labute approximate surface area is 145 Å². The first-order valence-corrected chi connectivity index (χ1v) is 8.07. The predicted octanol–water partition coefficient (Wildman–Crippen LogP) is 2.46. The second kappa shape index (κ2) is 6.72. The predicted molar refractivity (Wildman–Crippen MR) is 93.8 cm³/mol. The molecule has 0 N–H and O–H groups in total. The Bertz CT molecular complexity index is 912. The second-order valence-corrected chi connectivity index (χ2v) is 6.19. The molecule has 0 amide bonds. The Morgan fingerprint density at radius 1 is 1.40 bits per heavy atom. The number of methoxy groups -OCH3 is 1. The average molecular weight is 343 g/mol. The van der Waals surface area contributed by atoms with E-state index in [1.165, 1.54) is 7.11 Å². The van der Waals surface area contributed by atoms with Crippen LogP contribution in [0.25, 0.3) is 11.0 Å². The lowest BCUT2D eigenvalue weighted by molar-refractivity contribution is -0.139. The fourth-order valence-electron chi connectivity index (χ4n) is 3.21. The Kier molecular flexibility index (Phi) is 4.63. The largest absolute Gasteiger partial charge is 0.477 e. The molecule has 0 spiro atoms. The van der Waals surface area contributed by atoms with Gasteiger partial charge in [0.05, 0.1) is 19.1 Å². The molecule has 6 heteroatoms. The molecule has 0 atom stereocenters. The molecule has 132 valence electrons. The minimum atomic E-state index is -0.512. The summed E-state index contributed by atoms with van der Waals surface area (Å²) in [7, 11) is 1.30. The number of fused-ring (bicyclic) bond motifs is 2. The summed E-state index contributed by atoms with van der Waals surface area (Å²) in [4.78, 5) is 26.0. The normalized spacial score (nSPS) is 14.0. The molecule has 3 rings (SSSR count). The van der Waals surface area contributed by atoms with Crippen LogP contribution in [-0.4, -0.2) is 31.3 Å². The standard InChI is InChI=1S/C19H21NO5/c1-5-6-20-9-13-7-14-11(2)15(8-16(21)23-4)19(22)25-18(14)12(3)17(13)24-10-20/h5,7H,1,6,8-10H2,2-4H3. The number of nitrogens with zero attached hydrogens (tertiary/aromatic N) is 1. The first kappa shape index (κ1) is 17.2. The van der Waals surface area contributed by atoms with E-state index in [0.717, 1.165) is 40.9 Å². The number of benzene rings is 1. The van der Waals surface area contributed by atoms with E-state index in [-0.39, 0.29) is 6.42 Å². The monoisotopic (exact) mass is 343 g/mol. The minimum Gasteiger partial charge on any atom is -0.477 e. The van der Waals surface area contributed by atoms with Gasteiger partial charge in [0.25, 0.3) is 0 Å². The lowest BCUT2D eigenvalue weighted by Crippen LogP contribution is -2.32. The van der Waals surface area contributed by atoms with Crippen molar-refractivity contribution >= 4 is 16.9 Å². The Morgan fingerprint density at radius 3 is 2.84 bits per heavy atom. The quantitative estimate of drug-likeness (QED) is 0.483. The maximum atomic E-state index is 12.3. The fourth-order valence-corrected chi connectivity index (χ4v) is 3.21. The van der Waals surface area contributed by atoms with Crippen LogP contribution in [0.3, 0.4) is 0 Å². The van der Waals surface area contributed by atoms with Crippen LogP contribution in [0.4, 0.5) is 0 Å². The molecule has 0 saturated carbocycles. The van der Waals surface area contributed by atoms with E-state index >= 15 is 0 Å². The molecule has 6 nitrogen and oxygen atoms in total. The number of rotatable bonds is 4. The van der Waals surface area contributed by atoms with E-state index in [1.54, 1.807) is 0 Å². The number of carbonyl (C=O) groups excluding carboxylic acids is 1. The van der Waals surface area contributed by atoms with Crippen molar-refractivity contribution < 1.29 is 18.7 Å². The highest BCUT2D eigenvalue weighted by Crippen LogP contribution is 2.36. The van der Waals surface area contributed by atoms with E-state index in [2.05, 4.69) is 16.2 Å². The van der Waals surface area contributed by atoms with E-state index < -0.39 is 11.6 Å². The number of carbonyl (C=O) groups is 1. The van der Waals surface area contributed by atoms with Gasteiger partial charge in [-0.15, -0.1) is 6.58 Å². The van der Waals surface area contributed by atoms with Crippen molar-refractivity contribution in [2.24, 2.45) is 0 Å². The zero-order valence-corrected chi connectivity index (χ0v) is 14.7. The molecule has 1 aliphatic rings. The van der Waals surface area contributed by atoms with Gasteiger partial charge in [-0.05, 0) is 25.5 Å². The van der Waals surface area contributed by atoms with Crippen molar-refractivity contribution in [3.63, 3.8) is 0 Å². The minimum absolute atomic E-state index is 0.101. The van der Waals surface area contributed by atoms with Gasteiger partial charge in [0.2, 0.25) is 0 Å². The van der Waals surface area contributed by atoms with E-state index in [9.17, 15) is 9.59 Å². The van der Waals surface area contributed by atoms with Gasteiger partial charge in [-0.25, -0.2) is 4.79 Å². The second-order valence-electron chi connectivity index (χ2n) is 6.19. The first-order chi connectivity index (χ1) is 12.0. The van der Waals surface area contributed by atoms with Gasteiger partial charge in [0.15, 0.2) is 0 Å². The van der Waals surface area contributed by atoms with Crippen LogP contribution in [0.1, 0.15) is 22.3 Å². The van der Waals surface area contributed by atoms with Crippen molar-refractivity contribution in [1.82, 2.24) is 4.90 Å². The molecule has 0 fully saturated rings. The number of aryl methyl sites for hydroxylation is 2. The zero-order valence-electron chi connectivity index (χ0n) is 14.7. The van der Waals surface area contributed by atoms with Gasteiger partial charge in [-0.1, -0.05) is 6.08 Å². The SMILES string of the molecule is C=CCN1COc2c(cc3c(C)c(CC(=O)OC)c(=O)oc3c2C)C1. The Balaban J connectivity index is 2.16. The third-order valence-electron chi connectivity index (χ3n) is 4.56. The molecule has 0 unspecified atom stereocenters. The van der Waals surface area contributed by atoms with Crippen LogP contribution in [0.5, 0.6) is 5.75 Å². The zero-order chi connectivity index (χ0) is 18.1. The van der Waals surface area contributed by atoms with E-state index in [1.807, 2.05) is 26.0 Å². The molecule has 0 radical (unpaired) electrons. The Hall–Kier alpha value is -2.60. The highest BCUT2D eigenvalue weighted by atomic mass is 16.5. The molecular formula is C19H21NO5. The van der Waals surface area contributed by atoms with Crippen LogP contribution >= 0.6 is 0 Å². The van der Waals surface area contributed by atoms with Crippen molar-refractivity contribution in [2.75, 3.05) is 20.4 Å². The third-order valence-corrected chi connectivity index (χ3v) is 4.56. The van der Waals surface area contributed by atoms with Gasteiger partial charge < -0.3 is 13.9 Å². The topological polar surface area (TPSA) is 69.0 Å². The molecule has 1 aromatic heterocycles. The summed E-state index contributed by atoms with van der Waals surface area (Å²) in [5.41, 5.74) is 2.89. The average Bonchev–Trinajstić information content (AvgIpc) is 2.60. The van der Waals surface area contributed by atoms with Crippen molar-refractivity contribution in [3.8, 4) is 5.75 Å². The van der Waals surface area contributed by atoms with Crippen LogP contribution in [0, 0.1) is 13.8 Å². The van der Waals surface area contributed by atoms with E-state index in [4.69, 9.17) is 9.15 Å². The van der Waals surface area contributed by atoms with Crippen molar-refractivity contribution in [2.45, 2.75) is 26.8 Å². The van der Waals surface area contributed by atoms with Crippen LogP contribution in [0.15, 0.2) is 27.9 Å².